The van der Waals surface area contributed by atoms with E-state index in [2.05, 4.69) is 16.8 Å². The minimum atomic E-state index is -0.252. The Bertz CT molecular complexity index is 651. The van der Waals surface area contributed by atoms with Crippen molar-refractivity contribution in [1.29, 1.82) is 0 Å². The van der Waals surface area contributed by atoms with Crippen molar-refractivity contribution >= 4 is 21.6 Å². The summed E-state index contributed by atoms with van der Waals surface area (Å²) in [5, 5.41) is 11.8. The van der Waals surface area contributed by atoms with Gasteiger partial charge >= 0.3 is 0 Å². The van der Waals surface area contributed by atoms with Gasteiger partial charge in [-0.3, -0.25) is 14.3 Å². The van der Waals surface area contributed by atoms with Crippen LogP contribution in [0.15, 0.2) is 22.6 Å². The maximum absolute atomic E-state index is 12.2. The largest absolute Gasteiger partial charge is 0.392 e. The van der Waals surface area contributed by atoms with Crippen molar-refractivity contribution in [2.45, 2.75) is 26.0 Å². The second-order valence-electron chi connectivity index (χ2n) is 5.51. The minimum Gasteiger partial charge on any atom is -0.392 e. The van der Waals surface area contributed by atoms with Gasteiger partial charge in [-0.2, -0.15) is 0 Å². The molecule has 5 nitrogen and oxygen atoms in total. The molecule has 108 valence electrons. The van der Waals surface area contributed by atoms with Gasteiger partial charge in [0.25, 0.3) is 5.56 Å². The lowest BCUT2D eigenvalue weighted by Gasteiger charge is -2.34. The summed E-state index contributed by atoms with van der Waals surface area (Å²) in [5.41, 5.74) is 0.814. The number of hydrogen-bond acceptors (Lipinski definition) is 5. The van der Waals surface area contributed by atoms with E-state index in [4.69, 9.17) is 0 Å². The summed E-state index contributed by atoms with van der Waals surface area (Å²) in [6.45, 7) is 5.18. The molecular formula is C14H19N3O2S. The van der Waals surface area contributed by atoms with Crippen LogP contribution >= 0.6 is 11.3 Å². The molecule has 1 fully saturated rings. The number of likely N-dealkylation sites (tertiary alicyclic amines) is 1. The number of piperidine rings is 1. The van der Waals surface area contributed by atoms with Crippen LogP contribution in [-0.4, -0.2) is 45.3 Å². The summed E-state index contributed by atoms with van der Waals surface area (Å²) in [7, 11) is 0. The molecule has 2 aromatic rings. The lowest BCUT2D eigenvalue weighted by Crippen LogP contribution is -2.44. The highest BCUT2D eigenvalue weighted by Gasteiger charge is 2.23. The number of hydrogen-bond donors (Lipinski definition) is 1. The van der Waals surface area contributed by atoms with E-state index in [1.807, 2.05) is 11.4 Å². The van der Waals surface area contributed by atoms with Crippen LogP contribution in [-0.2, 0) is 6.54 Å². The second-order valence-corrected chi connectivity index (χ2v) is 6.43. The molecule has 3 rings (SSSR count). The highest BCUT2D eigenvalue weighted by Crippen LogP contribution is 2.17. The van der Waals surface area contributed by atoms with Gasteiger partial charge in [0.05, 0.1) is 17.9 Å². The Labute approximate surface area is 121 Å². The Morgan fingerprint density at radius 2 is 2.35 bits per heavy atom. The Morgan fingerprint density at radius 1 is 1.50 bits per heavy atom. The van der Waals surface area contributed by atoms with Gasteiger partial charge in [-0.15, -0.1) is 11.3 Å². The van der Waals surface area contributed by atoms with E-state index in [-0.39, 0.29) is 11.7 Å². The maximum atomic E-state index is 12.2. The molecule has 6 heteroatoms. The third-order valence-corrected chi connectivity index (χ3v) is 4.99. The van der Waals surface area contributed by atoms with Crippen LogP contribution in [0.2, 0.25) is 0 Å². The van der Waals surface area contributed by atoms with Gasteiger partial charge in [-0.05, 0) is 30.3 Å². The molecule has 0 bridgehead atoms. The SMILES string of the molecule is CC1CCN(CCn2cnc3ccsc3c2=O)CC1O. The summed E-state index contributed by atoms with van der Waals surface area (Å²) in [6.07, 6.45) is 2.39. The van der Waals surface area contributed by atoms with Crippen molar-refractivity contribution in [1.82, 2.24) is 14.5 Å². The van der Waals surface area contributed by atoms with Crippen LogP contribution in [0.3, 0.4) is 0 Å². The quantitative estimate of drug-likeness (QED) is 0.922. The molecule has 0 saturated carbocycles. The lowest BCUT2D eigenvalue weighted by atomic mass is 9.96. The highest BCUT2D eigenvalue weighted by atomic mass is 32.1. The molecule has 2 atom stereocenters. The first-order chi connectivity index (χ1) is 9.65. The fourth-order valence-electron chi connectivity index (χ4n) is 2.60. The number of thiophene rings is 1. The van der Waals surface area contributed by atoms with Crippen LogP contribution in [0.5, 0.6) is 0 Å². The molecule has 1 aliphatic heterocycles. The number of β-amino-alcohol motifs (C(OH)–C–C–N with tert-alkyl or cyclic N) is 1. The molecule has 3 heterocycles. The normalized spacial score (nSPS) is 24.3. The molecular weight excluding hydrogens is 274 g/mol. The van der Waals surface area contributed by atoms with E-state index in [0.717, 1.165) is 29.7 Å². The smallest absolute Gasteiger partial charge is 0.271 e. The fraction of sp³-hybridized carbons (Fsp3) is 0.571. The number of nitrogens with zero attached hydrogens (tertiary/aromatic N) is 3. The molecule has 2 unspecified atom stereocenters. The summed E-state index contributed by atoms with van der Waals surface area (Å²) in [4.78, 5) is 18.8. The highest BCUT2D eigenvalue weighted by molar-refractivity contribution is 7.17. The maximum Gasteiger partial charge on any atom is 0.271 e. The first-order valence-corrected chi connectivity index (χ1v) is 7.86. The van der Waals surface area contributed by atoms with Crippen molar-refractivity contribution in [3.63, 3.8) is 0 Å². The van der Waals surface area contributed by atoms with E-state index in [9.17, 15) is 9.90 Å². The van der Waals surface area contributed by atoms with Gasteiger partial charge in [0.2, 0.25) is 0 Å². The van der Waals surface area contributed by atoms with Crippen molar-refractivity contribution < 1.29 is 5.11 Å². The summed E-state index contributed by atoms with van der Waals surface area (Å²) in [6, 6.07) is 1.87. The van der Waals surface area contributed by atoms with Gasteiger partial charge in [-0.1, -0.05) is 6.92 Å². The predicted octanol–water partition coefficient (Wildman–Crippen LogP) is 1.16. The zero-order valence-electron chi connectivity index (χ0n) is 11.5. The van der Waals surface area contributed by atoms with Gasteiger partial charge in [-0.25, -0.2) is 4.98 Å². The van der Waals surface area contributed by atoms with Crippen molar-refractivity contribution in [3.05, 3.63) is 28.1 Å². The van der Waals surface area contributed by atoms with Crippen LogP contribution in [0.1, 0.15) is 13.3 Å². The monoisotopic (exact) mass is 293 g/mol. The van der Waals surface area contributed by atoms with Crippen molar-refractivity contribution in [2.75, 3.05) is 19.6 Å². The van der Waals surface area contributed by atoms with Gasteiger partial charge in [0.15, 0.2) is 0 Å². The Balaban J connectivity index is 1.68. The molecule has 0 spiro atoms. The number of aliphatic hydroxyl groups excluding tert-OH is 1. The molecule has 0 radical (unpaired) electrons. The summed E-state index contributed by atoms with van der Waals surface area (Å²) < 4.78 is 2.39. The average Bonchev–Trinajstić information content (AvgIpc) is 2.91. The van der Waals surface area contributed by atoms with Crippen LogP contribution in [0, 0.1) is 5.92 Å². The number of fused-ring (bicyclic) bond motifs is 1. The summed E-state index contributed by atoms with van der Waals surface area (Å²) >= 11 is 1.44. The van der Waals surface area contributed by atoms with Crippen LogP contribution < -0.4 is 5.56 Å². The van der Waals surface area contributed by atoms with Gasteiger partial charge in [0, 0.05) is 19.6 Å². The molecule has 1 N–H and O–H groups in total. The predicted molar refractivity (Wildman–Crippen MR) is 80.1 cm³/mol. The Morgan fingerprint density at radius 3 is 3.15 bits per heavy atom. The Hall–Kier alpha value is -1.24. The Kier molecular flexibility index (Phi) is 3.87. The standard InChI is InChI=1S/C14H19N3O2S/c1-10-2-4-16(8-12(10)18)5-6-17-9-15-11-3-7-20-13(11)14(17)19/h3,7,9-10,12,18H,2,4-6,8H2,1H3. The van der Waals surface area contributed by atoms with Crippen LogP contribution in [0.25, 0.3) is 10.2 Å². The molecule has 1 saturated heterocycles. The first kappa shape index (κ1) is 13.7. The van der Waals surface area contributed by atoms with Gasteiger partial charge < -0.3 is 5.11 Å². The zero-order valence-corrected chi connectivity index (χ0v) is 12.3. The lowest BCUT2D eigenvalue weighted by molar-refractivity contribution is 0.0278. The molecule has 20 heavy (non-hydrogen) atoms. The number of aromatic nitrogens is 2. The fourth-order valence-corrected chi connectivity index (χ4v) is 3.40. The van der Waals surface area contributed by atoms with E-state index >= 15 is 0 Å². The molecule has 0 aromatic carbocycles. The second kappa shape index (κ2) is 5.63. The molecule has 0 aliphatic carbocycles. The molecule has 1 aliphatic rings. The van der Waals surface area contributed by atoms with Crippen LogP contribution in [0.4, 0.5) is 0 Å². The first-order valence-electron chi connectivity index (χ1n) is 6.98. The molecule has 2 aromatic heterocycles. The van der Waals surface area contributed by atoms with E-state index in [0.29, 0.717) is 19.0 Å². The minimum absolute atomic E-state index is 0.0379. The van der Waals surface area contributed by atoms with Crippen molar-refractivity contribution in [3.8, 4) is 0 Å². The third kappa shape index (κ3) is 2.63. The molecule has 0 amide bonds. The van der Waals surface area contributed by atoms with E-state index in [1.54, 1.807) is 10.9 Å². The average molecular weight is 293 g/mol. The topological polar surface area (TPSA) is 58.4 Å². The zero-order chi connectivity index (χ0) is 14.1. The van der Waals surface area contributed by atoms with E-state index < -0.39 is 0 Å². The van der Waals surface area contributed by atoms with Crippen molar-refractivity contribution in [2.24, 2.45) is 5.92 Å². The third-order valence-electron chi connectivity index (χ3n) is 4.10. The number of aliphatic hydroxyl groups is 1. The number of rotatable bonds is 3. The van der Waals surface area contributed by atoms with E-state index in [1.165, 1.54) is 11.3 Å². The summed E-state index contributed by atoms with van der Waals surface area (Å²) in [5.74, 6) is 0.373. The van der Waals surface area contributed by atoms with Gasteiger partial charge in [0.1, 0.15) is 4.70 Å².